The molecule has 98 valence electrons. The highest BCUT2D eigenvalue weighted by Crippen LogP contribution is 2.29. The summed E-state index contributed by atoms with van der Waals surface area (Å²) in [5.41, 5.74) is 0.00594. The molecule has 0 unspecified atom stereocenters. The fourth-order valence-corrected chi connectivity index (χ4v) is 1.16. The minimum Gasteiger partial charge on any atom is -0.491 e. The molecule has 0 aliphatic heterocycles. The molecule has 0 heterocycles. The van der Waals surface area contributed by atoms with Gasteiger partial charge in [0, 0.05) is 13.2 Å². The van der Waals surface area contributed by atoms with Crippen molar-refractivity contribution < 1.29 is 27.4 Å². The first kappa shape index (κ1) is 14.2. The summed E-state index contributed by atoms with van der Waals surface area (Å²) in [6.45, 7) is 0.545. The Balaban J connectivity index is 2.85. The summed E-state index contributed by atoms with van der Waals surface area (Å²) in [5.74, 6) is 1.88. The molecule has 18 heavy (non-hydrogen) atoms. The third-order valence-corrected chi connectivity index (χ3v) is 1.89. The normalized spacial score (nSPS) is 10.8. The molecule has 0 bridgehead atoms. The second-order valence-electron chi connectivity index (χ2n) is 3.19. The van der Waals surface area contributed by atoms with Crippen molar-refractivity contribution >= 4 is 0 Å². The van der Waals surface area contributed by atoms with Crippen LogP contribution < -0.4 is 9.47 Å². The van der Waals surface area contributed by atoms with Gasteiger partial charge in [-0.25, -0.2) is 0 Å². The Morgan fingerprint density at radius 3 is 2.56 bits per heavy atom. The van der Waals surface area contributed by atoms with Gasteiger partial charge in [-0.15, -0.1) is 19.6 Å². The van der Waals surface area contributed by atoms with Gasteiger partial charge in [0.25, 0.3) is 0 Å². The van der Waals surface area contributed by atoms with Crippen LogP contribution in [0, 0.1) is 12.3 Å². The van der Waals surface area contributed by atoms with E-state index in [0.29, 0.717) is 6.61 Å². The molecule has 1 rings (SSSR count). The molecular weight excluding hydrogens is 249 g/mol. The number of rotatable bonds is 5. The molecule has 0 spiro atoms. The molecule has 3 nitrogen and oxygen atoms in total. The monoisotopic (exact) mass is 260 g/mol. The summed E-state index contributed by atoms with van der Waals surface area (Å²) in [6.07, 6.45) is 0.288. The molecule has 1 aromatic carbocycles. The van der Waals surface area contributed by atoms with Crippen molar-refractivity contribution in [1.29, 1.82) is 0 Å². The summed E-state index contributed by atoms with van der Waals surface area (Å²) in [4.78, 5) is 0. The van der Waals surface area contributed by atoms with Crippen molar-refractivity contribution in [2.75, 3.05) is 20.3 Å². The standard InChI is InChI=1S/C12H11F3O3/c1-3-9-4-5-10(17-7-6-16-2)8-11(9)18-12(13,14)15/h1,4-5,8H,6-7H2,2H3. The summed E-state index contributed by atoms with van der Waals surface area (Å²) >= 11 is 0. The van der Waals surface area contributed by atoms with Gasteiger partial charge in [0.1, 0.15) is 18.1 Å². The number of halogens is 3. The Hall–Kier alpha value is -1.87. The van der Waals surface area contributed by atoms with Crippen LogP contribution in [0.3, 0.4) is 0 Å². The van der Waals surface area contributed by atoms with E-state index in [1.807, 2.05) is 0 Å². The number of methoxy groups -OCH3 is 1. The smallest absolute Gasteiger partial charge is 0.491 e. The van der Waals surface area contributed by atoms with E-state index in [9.17, 15) is 13.2 Å². The summed E-state index contributed by atoms with van der Waals surface area (Å²) in [6, 6.07) is 3.88. The third-order valence-electron chi connectivity index (χ3n) is 1.89. The van der Waals surface area contributed by atoms with E-state index in [-0.39, 0.29) is 17.9 Å². The molecule has 0 amide bonds. The Bertz CT molecular complexity index is 435. The lowest BCUT2D eigenvalue weighted by molar-refractivity contribution is -0.274. The second kappa shape index (κ2) is 6.17. The van der Waals surface area contributed by atoms with Crippen LogP contribution in [-0.4, -0.2) is 26.7 Å². The average Bonchev–Trinajstić information content (AvgIpc) is 2.27. The van der Waals surface area contributed by atoms with Crippen LogP contribution in [0.25, 0.3) is 0 Å². The second-order valence-corrected chi connectivity index (χ2v) is 3.19. The van der Waals surface area contributed by atoms with Crippen LogP contribution in [-0.2, 0) is 4.74 Å². The van der Waals surface area contributed by atoms with Crippen molar-refractivity contribution in [2.45, 2.75) is 6.36 Å². The van der Waals surface area contributed by atoms with Crippen molar-refractivity contribution in [3.63, 3.8) is 0 Å². The van der Waals surface area contributed by atoms with E-state index >= 15 is 0 Å². The molecule has 0 radical (unpaired) electrons. The number of alkyl halides is 3. The van der Waals surface area contributed by atoms with Gasteiger partial charge in [-0.2, -0.15) is 0 Å². The van der Waals surface area contributed by atoms with E-state index < -0.39 is 12.1 Å². The van der Waals surface area contributed by atoms with Crippen molar-refractivity contribution in [3.05, 3.63) is 23.8 Å². The average molecular weight is 260 g/mol. The maximum atomic E-state index is 12.1. The molecule has 0 fully saturated rings. The summed E-state index contributed by atoms with van der Waals surface area (Å²) < 4.78 is 50.2. The first-order chi connectivity index (χ1) is 8.46. The Kier molecular flexibility index (Phi) is 4.86. The first-order valence-electron chi connectivity index (χ1n) is 4.94. The lowest BCUT2D eigenvalue weighted by Crippen LogP contribution is -2.18. The quantitative estimate of drug-likeness (QED) is 0.601. The van der Waals surface area contributed by atoms with E-state index in [4.69, 9.17) is 15.9 Å². The molecule has 0 aliphatic rings. The predicted octanol–water partition coefficient (Wildman–Crippen LogP) is 2.59. The van der Waals surface area contributed by atoms with E-state index in [1.165, 1.54) is 19.2 Å². The highest BCUT2D eigenvalue weighted by molar-refractivity contribution is 5.49. The van der Waals surface area contributed by atoms with Gasteiger partial charge >= 0.3 is 6.36 Å². The van der Waals surface area contributed by atoms with Gasteiger partial charge in [-0.1, -0.05) is 5.92 Å². The van der Waals surface area contributed by atoms with Crippen LogP contribution in [0.4, 0.5) is 13.2 Å². The van der Waals surface area contributed by atoms with E-state index in [1.54, 1.807) is 0 Å². The minimum atomic E-state index is -4.79. The third kappa shape index (κ3) is 4.55. The first-order valence-corrected chi connectivity index (χ1v) is 4.94. The van der Waals surface area contributed by atoms with Crippen LogP contribution in [0.5, 0.6) is 11.5 Å². The molecular formula is C12H11F3O3. The fraction of sp³-hybridized carbons (Fsp3) is 0.333. The molecule has 0 saturated carbocycles. The predicted molar refractivity (Wildman–Crippen MR) is 58.4 cm³/mol. The Labute approximate surface area is 102 Å². The number of hydrogen-bond donors (Lipinski definition) is 0. The number of hydrogen-bond acceptors (Lipinski definition) is 3. The number of ether oxygens (including phenoxy) is 3. The van der Waals surface area contributed by atoms with Crippen LogP contribution in [0.2, 0.25) is 0 Å². The van der Waals surface area contributed by atoms with E-state index in [0.717, 1.165) is 6.07 Å². The van der Waals surface area contributed by atoms with Crippen molar-refractivity contribution in [1.82, 2.24) is 0 Å². The molecule has 0 saturated heterocycles. The SMILES string of the molecule is C#Cc1ccc(OCCOC)cc1OC(F)(F)F. The van der Waals surface area contributed by atoms with Gasteiger partial charge in [0.15, 0.2) is 0 Å². The van der Waals surface area contributed by atoms with Crippen molar-refractivity contribution in [2.24, 2.45) is 0 Å². The fourth-order valence-electron chi connectivity index (χ4n) is 1.16. The Morgan fingerprint density at radius 1 is 1.28 bits per heavy atom. The largest absolute Gasteiger partial charge is 0.573 e. The van der Waals surface area contributed by atoms with Gasteiger partial charge in [-0.3, -0.25) is 0 Å². The Morgan fingerprint density at radius 2 is 2.00 bits per heavy atom. The highest BCUT2D eigenvalue weighted by Gasteiger charge is 2.32. The highest BCUT2D eigenvalue weighted by atomic mass is 19.4. The zero-order valence-electron chi connectivity index (χ0n) is 9.58. The topological polar surface area (TPSA) is 27.7 Å². The zero-order valence-corrected chi connectivity index (χ0v) is 9.58. The van der Waals surface area contributed by atoms with E-state index in [2.05, 4.69) is 10.7 Å². The lowest BCUT2D eigenvalue weighted by atomic mass is 10.2. The van der Waals surface area contributed by atoms with Crippen LogP contribution in [0.15, 0.2) is 18.2 Å². The molecule has 0 atom stereocenters. The maximum Gasteiger partial charge on any atom is 0.573 e. The molecule has 1 aromatic rings. The molecule has 6 heteroatoms. The van der Waals surface area contributed by atoms with Crippen molar-refractivity contribution in [3.8, 4) is 23.8 Å². The maximum absolute atomic E-state index is 12.1. The lowest BCUT2D eigenvalue weighted by Gasteiger charge is -2.12. The summed E-state index contributed by atoms with van der Waals surface area (Å²) in [5, 5.41) is 0. The minimum absolute atomic E-state index is 0.00594. The van der Waals surface area contributed by atoms with Crippen LogP contribution >= 0.6 is 0 Å². The van der Waals surface area contributed by atoms with Gasteiger partial charge < -0.3 is 14.2 Å². The van der Waals surface area contributed by atoms with Gasteiger partial charge in [0.2, 0.25) is 0 Å². The number of terminal acetylenes is 1. The number of benzene rings is 1. The molecule has 0 aliphatic carbocycles. The van der Waals surface area contributed by atoms with Crippen LogP contribution in [0.1, 0.15) is 5.56 Å². The summed E-state index contributed by atoms with van der Waals surface area (Å²) in [7, 11) is 1.49. The molecule has 0 N–H and O–H groups in total. The van der Waals surface area contributed by atoms with Gasteiger partial charge in [-0.05, 0) is 12.1 Å². The van der Waals surface area contributed by atoms with Gasteiger partial charge in [0.05, 0.1) is 12.2 Å². The molecule has 0 aromatic heterocycles. The zero-order chi connectivity index (χ0) is 13.6.